The predicted molar refractivity (Wildman–Crippen MR) is 106 cm³/mol. The van der Waals surface area contributed by atoms with Crippen LogP contribution < -0.4 is 10.6 Å². The van der Waals surface area contributed by atoms with Crippen molar-refractivity contribution in [1.82, 2.24) is 14.6 Å². The molecule has 0 bridgehead atoms. The molecule has 0 unspecified atom stereocenters. The molecule has 0 fully saturated rings. The van der Waals surface area contributed by atoms with Crippen molar-refractivity contribution in [2.45, 2.75) is 6.42 Å². The highest BCUT2D eigenvalue weighted by molar-refractivity contribution is 7.14. The van der Waals surface area contributed by atoms with Gasteiger partial charge in [0.2, 0.25) is 5.91 Å². The maximum absolute atomic E-state index is 12.2. The van der Waals surface area contributed by atoms with Crippen LogP contribution in [0.5, 0.6) is 0 Å². The highest BCUT2D eigenvalue weighted by Crippen LogP contribution is 2.21. The quantitative estimate of drug-likeness (QED) is 0.501. The molecule has 4 aromatic rings. The Labute approximate surface area is 167 Å². The van der Waals surface area contributed by atoms with Crippen LogP contribution in [0.3, 0.4) is 0 Å². The second-order valence-corrected chi connectivity index (χ2v) is 7.14. The van der Waals surface area contributed by atoms with Gasteiger partial charge in [0, 0.05) is 22.0 Å². The summed E-state index contributed by atoms with van der Waals surface area (Å²) in [7, 11) is 0. The molecule has 0 atom stereocenters. The smallest absolute Gasteiger partial charge is 0.293 e. The van der Waals surface area contributed by atoms with Gasteiger partial charge in [0.05, 0.1) is 18.4 Å². The van der Waals surface area contributed by atoms with Crippen LogP contribution in [0.1, 0.15) is 16.2 Å². The van der Waals surface area contributed by atoms with Crippen LogP contribution in [0.25, 0.3) is 11.3 Å². The molecule has 0 aliphatic rings. The van der Waals surface area contributed by atoms with E-state index in [1.54, 1.807) is 17.5 Å². The Hall–Kier alpha value is -3.37. The SMILES string of the molecule is O=C(Cc1csc(NC(=O)c2ccco2)n1)Nc1ccc(-c2csnn2)cc1. The number of benzene rings is 1. The van der Waals surface area contributed by atoms with E-state index in [4.69, 9.17) is 4.42 Å². The zero-order valence-corrected chi connectivity index (χ0v) is 15.9. The number of rotatable bonds is 6. The molecule has 2 amide bonds. The largest absolute Gasteiger partial charge is 0.459 e. The second-order valence-electron chi connectivity index (χ2n) is 5.67. The first-order chi connectivity index (χ1) is 13.7. The molecule has 2 N–H and O–H groups in total. The number of nitrogens with one attached hydrogen (secondary N) is 2. The number of thiazole rings is 1. The van der Waals surface area contributed by atoms with Crippen LogP contribution in [0.15, 0.2) is 57.8 Å². The molecule has 0 spiro atoms. The number of carbonyl (C=O) groups is 2. The zero-order valence-electron chi connectivity index (χ0n) is 14.3. The van der Waals surface area contributed by atoms with Crippen molar-refractivity contribution < 1.29 is 14.0 Å². The average Bonchev–Trinajstić information content (AvgIpc) is 3.45. The third kappa shape index (κ3) is 4.30. The van der Waals surface area contributed by atoms with Gasteiger partial charge < -0.3 is 9.73 Å². The number of amides is 2. The number of aromatic nitrogens is 3. The van der Waals surface area contributed by atoms with Crippen LogP contribution in [0, 0.1) is 0 Å². The summed E-state index contributed by atoms with van der Waals surface area (Å²) in [6.07, 6.45) is 1.53. The molecule has 10 heteroatoms. The Morgan fingerprint density at radius 2 is 1.93 bits per heavy atom. The molecule has 3 heterocycles. The van der Waals surface area contributed by atoms with E-state index < -0.39 is 0 Å². The number of hydrogen-bond donors (Lipinski definition) is 2. The normalized spacial score (nSPS) is 10.6. The van der Waals surface area contributed by atoms with Crippen LogP contribution in [0.2, 0.25) is 0 Å². The van der Waals surface area contributed by atoms with Crippen molar-refractivity contribution in [3.05, 3.63) is 64.9 Å². The molecule has 0 aliphatic heterocycles. The predicted octanol–water partition coefficient (Wildman–Crippen LogP) is 3.69. The summed E-state index contributed by atoms with van der Waals surface area (Å²) in [4.78, 5) is 28.4. The highest BCUT2D eigenvalue weighted by atomic mass is 32.1. The lowest BCUT2D eigenvalue weighted by molar-refractivity contribution is -0.115. The van der Waals surface area contributed by atoms with Crippen molar-refractivity contribution in [2.75, 3.05) is 10.6 Å². The summed E-state index contributed by atoms with van der Waals surface area (Å²) in [5, 5.41) is 13.5. The minimum absolute atomic E-state index is 0.102. The Kier molecular flexibility index (Phi) is 5.22. The lowest BCUT2D eigenvalue weighted by Crippen LogP contribution is -2.15. The van der Waals surface area contributed by atoms with Gasteiger partial charge in [0.25, 0.3) is 5.91 Å². The molecule has 28 heavy (non-hydrogen) atoms. The fraction of sp³-hybridized carbons (Fsp3) is 0.0556. The van der Waals surface area contributed by atoms with Gasteiger partial charge in [-0.3, -0.25) is 14.9 Å². The topological polar surface area (TPSA) is 110 Å². The van der Waals surface area contributed by atoms with Crippen LogP contribution in [-0.2, 0) is 11.2 Å². The Morgan fingerprint density at radius 1 is 1.07 bits per heavy atom. The molecule has 4 rings (SSSR count). The number of nitrogens with zero attached hydrogens (tertiary/aromatic N) is 3. The van der Waals surface area contributed by atoms with Gasteiger partial charge in [0.15, 0.2) is 10.9 Å². The standard InChI is InChI=1S/C18H13N5O3S2/c24-16(19-12-5-3-11(4-6-12)14-10-28-23-22-14)8-13-9-27-18(20-13)21-17(25)15-2-1-7-26-15/h1-7,9-10H,8H2,(H,19,24)(H,20,21,25). The summed E-state index contributed by atoms with van der Waals surface area (Å²) < 4.78 is 8.87. The number of hydrogen-bond acceptors (Lipinski definition) is 8. The first-order valence-electron chi connectivity index (χ1n) is 8.14. The number of carbonyl (C=O) groups excluding carboxylic acids is 2. The van der Waals surface area contributed by atoms with Crippen molar-refractivity contribution in [3.63, 3.8) is 0 Å². The molecular weight excluding hydrogens is 398 g/mol. The fourth-order valence-electron chi connectivity index (χ4n) is 2.40. The van der Waals surface area contributed by atoms with E-state index in [0.717, 1.165) is 11.3 Å². The number of furan rings is 1. The summed E-state index contributed by atoms with van der Waals surface area (Å²) in [6.45, 7) is 0. The van der Waals surface area contributed by atoms with Crippen LogP contribution in [0.4, 0.5) is 10.8 Å². The van der Waals surface area contributed by atoms with Crippen LogP contribution in [-0.4, -0.2) is 26.4 Å². The highest BCUT2D eigenvalue weighted by Gasteiger charge is 2.13. The molecule has 0 saturated heterocycles. The van der Waals surface area contributed by atoms with Gasteiger partial charge in [-0.25, -0.2) is 4.98 Å². The van der Waals surface area contributed by atoms with Gasteiger partial charge in [-0.1, -0.05) is 16.6 Å². The van der Waals surface area contributed by atoms with Crippen LogP contribution >= 0.6 is 22.9 Å². The molecule has 8 nitrogen and oxygen atoms in total. The van der Waals surface area contributed by atoms with Crippen molar-refractivity contribution in [2.24, 2.45) is 0 Å². The van der Waals surface area contributed by atoms with E-state index in [0.29, 0.717) is 16.5 Å². The van der Waals surface area contributed by atoms with E-state index in [1.165, 1.54) is 29.1 Å². The monoisotopic (exact) mass is 411 g/mol. The second kappa shape index (κ2) is 8.11. The Balaban J connectivity index is 1.33. The van der Waals surface area contributed by atoms with Gasteiger partial charge in [0.1, 0.15) is 5.69 Å². The van der Waals surface area contributed by atoms with Gasteiger partial charge >= 0.3 is 0 Å². The maximum Gasteiger partial charge on any atom is 0.293 e. The zero-order chi connectivity index (χ0) is 19.3. The summed E-state index contributed by atoms with van der Waals surface area (Å²) >= 11 is 2.53. The first-order valence-corrected chi connectivity index (χ1v) is 9.85. The van der Waals surface area contributed by atoms with Gasteiger partial charge in [-0.2, -0.15) is 0 Å². The van der Waals surface area contributed by atoms with Gasteiger partial charge in [-0.15, -0.1) is 16.4 Å². The van der Waals surface area contributed by atoms with Gasteiger partial charge in [-0.05, 0) is 35.8 Å². The molecule has 0 aliphatic carbocycles. The fourth-order valence-corrected chi connectivity index (χ4v) is 3.57. The Bertz CT molecular complexity index is 1070. The first kappa shape index (κ1) is 18.0. The minimum Gasteiger partial charge on any atom is -0.459 e. The van der Waals surface area contributed by atoms with E-state index in [-0.39, 0.29) is 24.0 Å². The maximum atomic E-state index is 12.2. The molecule has 0 radical (unpaired) electrons. The Morgan fingerprint density at radius 3 is 2.64 bits per heavy atom. The average molecular weight is 411 g/mol. The van der Waals surface area contributed by atoms with E-state index in [9.17, 15) is 9.59 Å². The summed E-state index contributed by atoms with van der Waals surface area (Å²) in [6, 6.07) is 10.6. The minimum atomic E-state index is -0.384. The van der Waals surface area contributed by atoms with Crippen molar-refractivity contribution in [3.8, 4) is 11.3 Å². The summed E-state index contributed by atoms with van der Waals surface area (Å²) in [5.74, 6) is -0.380. The lowest BCUT2D eigenvalue weighted by atomic mass is 10.1. The third-order valence-corrected chi connectivity index (χ3v) is 4.99. The molecule has 140 valence electrons. The molecule has 3 aromatic heterocycles. The van der Waals surface area contributed by atoms with Crippen molar-refractivity contribution in [1.29, 1.82) is 0 Å². The lowest BCUT2D eigenvalue weighted by Gasteiger charge is -2.05. The molecule has 0 saturated carbocycles. The summed E-state index contributed by atoms with van der Waals surface area (Å²) in [5.41, 5.74) is 2.98. The molecular formula is C18H13N5O3S2. The molecule has 1 aromatic carbocycles. The van der Waals surface area contributed by atoms with Crippen molar-refractivity contribution >= 4 is 45.5 Å². The third-order valence-electron chi connectivity index (χ3n) is 3.68. The van der Waals surface area contributed by atoms with E-state index in [2.05, 4.69) is 25.2 Å². The van der Waals surface area contributed by atoms with E-state index >= 15 is 0 Å². The number of anilines is 2. The van der Waals surface area contributed by atoms with E-state index in [1.807, 2.05) is 29.6 Å².